The Hall–Kier alpha value is -1.50. The lowest BCUT2D eigenvalue weighted by atomic mass is 10.1. The minimum absolute atomic E-state index is 0. The van der Waals surface area contributed by atoms with E-state index in [1.807, 2.05) is 17.0 Å². The summed E-state index contributed by atoms with van der Waals surface area (Å²) < 4.78 is 17.1. The van der Waals surface area contributed by atoms with Gasteiger partial charge in [-0.3, -0.25) is 4.79 Å². The highest BCUT2D eigenvalue weighted by molar-refractivity contribution is 5.95. The average molecular weight is 371 g/mol. The summed E-state index contributed by atoms with van der Waals surface area (Å²) in [5, 5.41) is 0. The first-order valence-electron chi connectivity index (χ1n) is 8.78. The van der Waals surface area contributed by atoms with Crippen LogP contribution in [0.1, 0.15) is 36.0 Å². The number of amides is 1. The number of ether oxygens (including phenoxy) is 3. The Kier molecular flexibility index (Phi) is 7.81. The number of piperidine rings is 1. The molecule has 6 nitrogen and oxygen atoms in total. The number of rotatable bonds is 5. The molecule has 7 heteroatoms. The predicted molar refractivity (Wildman–Crippen MR) is 97.8 cm³/mol. The molecule has 0 unspecified atom stereocenters. The molecule has 2 aliphatic heterocycles. The van der Waals surface area contributed by atoms with E-state index in [2.05, 4.69) is 0 Å². The van der Waals surface area contributed by atoms with Gasteiger partial charge in [-0.05, 0) is 44.0 Å². The Labute approximate surface area is 155 Å². The van der Waals surface area contributed by atoms with Gasteiger partial charge in [0, 0.05) is 31.7 Å². The first kappa shape index (κ1) is 19.8. The van der Waals surface area contributed by atoms with Crippen molar-refractivity contribution >= 4 is 18.3 Å². The zero-order valence-corrected chi connectivity index (χ0v) is 15.3. The Bertz CT molecular complexity index is 562. The maximum Gasteiger partial charge on any atom is 0.253 e. The molecule has 1 fully saturated rings. The van der Waals surface area contributed by atoms with Gasteiger partial charge >= 0.3 is 0 Å². The van der Waals surface area contributed by atoms with E-state index in [0.29, 0.717) is 37.7 Å². The summed E-state index contributed by atoms with van der Waals surface area (Å²) in [6, 6.07) is 5.45. The van der Waals surface area contributed by atoms with Crippen molar-refractivity contribution in [3.05, 3.63) is 23.8 Å². The zero-order chi connectivity index (χ0) is 16.8. The fourth-order valence-corrected chi connectivity index (χ4v) is 3.04. The minimum Gasteiger partial charge on any atom is -0.490 e. The number of hydrogen-bond donors (Lipinski definition) is 1. The largest absolute Gasteiger partial charge is 0.490 e. The van der Waals surface area contributed by atoms with Gasteiger partial charge in [-0.25, -0.2) is 0 Å². The van der Waals surface area contributed by atoms with Crippen molar-refractivity contribution in [1.29, 1.82) is 0 Å². The van der Waals surface area contributed by atoms with E-state index in [1.54, 1.807) is 6.07 Å². The van der Waals surface area contributed by atoms with Gasteiger partial charge in [0.15, 0.2) is 11.5 Å². The third-order valence-electron chi connectivity index (χ3n) is 4.43. The second-order valence-corrected chi connectivity index (χ2v) is 6.22. The number of carbonyl (C=O) groups is 1. The Morgan fingerprint density at radius 2 is 1.92 bits per heavy atom. The van der Waals surface area contributed by atoms with E-state index in [1.165, 1.54) is 0 Å². The molecule has 0 aromatic heterocycles. The summed E-state index contributed by atoms with van der Waals surface area (Å²) in [6.45, 7) is 4.08. The molecule has 2 heterocycles. The Balaban J connectivity index is 0.00000225. The van der Waals surface area contributed by atoms with Crippen LogP contribution >= 0.6 is 12.4 Å². The molecule has 1 amide bonds. The molecule has 0 atom stereocenters. The van der Waals surface area contributed by atoms with Crippen LogP contribution in [0.5, 0.6) is 11.5 Å². The summed E-state index contributed by atoms with van der Waals surface area (Å²) in [5.74, 6) is 1.43. The van der Waals surface area contributed by atoms with E-state index in [9.17, 15) is 4.79 Å². The molecule has 25 heavy (non-hydrogen) atoms. The normalized spacial score (nSPS) is 17.6. The van der Waals surface area contributed by atoms with Gasteiger partial charge < -0.3 is 24.8 Å². The monoisotopic (exact) mass is 370 g/mol. The molecule has 1 saturated heterocycles. The minimum atomic E-state index is 0. The molecule has 0 spiro atoms. The molecule has 1 aromatic rings. The molecule has 140 valence electrons. The van der Waals surface area contributed by atoms with Crippen LogP contribution in [0.15, 0.2) is 18.2 Å². The molecule has 0 aliphatic carbocycles. The first-order valence-corrected chi connectivity index (χ1v) is 8.78. The fraction of sp³-hybridized carbons (Fsp3) is 0.611. The van der Waals surface area contributed by atoms with E-state index in [4.69, 9.17) is 19.9 Å². The Morgan fingerprint density at radius 3 is 2.64 bits per heavy atom. The average Bonchev–Trinajstić information content (AvgIpc) is 2.86. The van der Waals surface area contributed by atoms with Gasteiger partial charge in [0.05, 0.1) is 19.3 Å². The summed E-state index contributed by atoms with van der Waals surface area (Å²) in [6.07, 6.45) is 3.73. The molecular weight excluding hydrogens is 344 g/mol. The number of likely N-dealkylation sites (tertiary alicyclic amines) is 1. The number of halogens is 1. The molecule has 0 bridgehead atoms. The molecule has 2 aliphatic rings. The number of nitrogens with two attached hydrogens (primary N) is 1. The maximum atomic E-state index is 12.7. The SMILES string of the molecule is Cl.NCCCOC1CCN(C(=O)c2ccc3c(c2)OCCCO3)CC1. The highest BCUT2D eigenvalue weighted by atomic mass is 35.5. The number of fused-ring (bicyclic) bond motifs is 1. The van der Waals surface area contributed by atoms with Gasteiger partial charge in [-0.1, -0.05) is 0 Å². The van der Waals surface area contributed by atoms with E-state index in [-0.39, 0.29) is 24.4 Å². The van der Waals surface area contributed by atoms with E-state index >= 15 is 0 Å². The van der Waals surface area contributed by atoms with Crippen molar-refractivity contribution in [2.24, 2.45) is 5.73 Å². The number of nitrogens with zero attached hydrogens (tertiary/aromatic N) is 1. The molecule has 3 rings (SSSR count). The second-order valence-electron chi connectivity index (χ2n) is 6.22. The van der Waals surface area contributed by atoms with Gasteiger partial charge in [-0.2, -0.15) is 0 Å². The van der Waals surface area contributed by atoms with Crippen LogP contribution in [-0.2, 0) is 4.74 Å². The molecule has 2 N–H and O–H groups in total. The van der Waals surface area contributed by atoms with Crippen molar-refractivity contribution in [2.75, 3.05) is 39.5 Å². The summed E-state index contributed by atoms with van der Waals surface area (Å²) in [4.78, 5) is 14.6. The topological polar surface area (TPSA) is 74.0 Å². The molecular formula is C18H27ClN2O4. The number of carbonyl (C=O) groups excluding carboxylic acids is 1. The van der Waals surface area contributed by atoms with Gasteiger partial charge in [0.2, 0.25) is 0 Å². The van der Waals surface area contributed by atoms with E-state index in [0.717, 1.165) is 44.5 Å². The quantitative estimate of drug-likeness (QED) is 0.804. The smallest absolute Gasteiger partial charge is 0.253 e. The summed E-state index contributed by atoms with van der Waals surface area (Å²) in [7, 11) is 0. The van der Waals surface area contributed by atoms with Crippen molar-refractivity contribution < 1.29 is 19.0 Å². The van der Waals surface area contributed by atoms with Crippen molar-refractivity contribution in [2.45, 2.75) is 31.8 Å². The lowest BCUT2D eigenvalue weighted by Crippen LogP contribution is -2.41. The van der Waals surface area contributed by atoms with Crippen LogP contribution in [0.25, 0.3) is 0 Å². The highest BCUT2D eigenvalue weighted by Crippen LogP contribution is 2.31. The Morgan fingerprint density at radius 1 is 1.20 bits per heavy atom. The predicted octanol–water partition coefficient (Wildman–Crippen LogP) is 2.24. The zero-order valence-electron chi connectivity index (χ0n) is 14.4. The van der Waals surface area contributed by atoms with Crippen LogP contribution < -0.4 is 15.2 Å². The van der Waals surface area contributed by atoms with Crippen LogP contribution in [0.3, 0.4) is 0 Å². The fourth-order valence-electron chi connectivity index (χ4n) is 3.04. The number of hydrogen-bond acceptors (Lipinski definition) is 5. The second kappa shape index (κ2) is 9.85. The summed E-state index contributed by atoms with van der Waals surface area (Å²) in [5.41, 5.74) is 6.13. The van der Waals surface area contributed by atoms with Gasteiger partial charge in [-0.15, -0.1) is 12.4 Å². The number of benzene rings is 1. The lowest BCUT2D eigenvalue weighted by Gasteiger charge is -2.32. The third kappa shape index (κ3) is 5.23. The van der Waals surface area contributed by atoms with Crippen LogP contribution in [-0.4, -0.2) is 56.4 Å². The molecule has 1 aromatic carbocycles. The van der Waals surface area contributed by atoms with Crippen molar-refractivity contribution in [1.82, 2.24) is 4.90 Å². The molecule has 0 radical (unpaired) electrons. The lowest BCUT2D eigenvalue weighted by molar-refractivity contribution is 0.00843. The van der Waals surface area contributed by atoms with Crippen molar-refractivity contribution in [3.63, 3.8) is 0 Å². The standard InChI is InChI=1S/C18H26N2O4.ClH/c19-7-1-10-22-15-5-8-20(9-6-15)18(21)14-3-4-16-17(13-14)24-12-2-11-23-16;/h3-4,13,15H,1-2,5-12,19H2;1H. The van der Waals surface area contributed by atoms with Crippen LogP contribution in [0.4, 0.5) is 0 Å². The van der Waals surface area contributed by atoms with Crippen LogP contribution in [0, 0.1) is 0 Å². The first-order chi connectivity index (χ1) is 11.8. The highest BCUT2D eigenvalue weighted by Gasteiger charge is 2.25. The van der Waals surface area contributed by atoms with E-state index < -0.39 is 0 Å². The third-order valence-corrected chi connectivity index (χ3v) is 4.43. The maximum absolute atomic E-state index is 12.7. The van der Waals surface area contributed by atoms with Gasteiger partial charge in [0.1, 0.15) is 0 Å². The van der Waals surface area contributed by atoms with Gasteiger partial charge in [0.25, 0.3) is 5.91 Å². The summed E-state index contributed by atoms with van der Waals surface area (Å²) >= 11 is 0. The molecule has 0 saturated carbocycles. The van der Waals surface area contributed by atoms with Crippen LogP contribution in [0.2, 0.25) is 0 Å². The van der Waals surface area contributed by atoms with Crippen molar-refractivity contribution in [3.8, 4) is 11.5 Å².